The second-order valence-corrected chi connectivity index (χ2v) is 7.39. The quantitative estimate of drug-likeness (QED) is 0.455. The van der Waals surface area contributed by atoms with Crippen molar-refractivity contribution in [3.8, 4) is 17.2 Å². The van der Waals surface area contributed by atoms with Crippen LogP contribution in [-0.4, -0.2) is 36.2 Å². The highest BCUT2D eigenvalue weighted by atomic mass is 16.5. The van der Waals surface area contributed by atoms with E-state index in [-0.39, 0.29) is 16.8 Å². The molecule has 8 nitrogen and oxygen atoms in total. The number of carbonyl (C=O) groups is 1. The maximum Gasteiger partial charge on any atom is 0.333 e. The van der Waals surface area contributed by atoms with Gasteiger partial charge in [-0.2, -0.15) is 0 Å². The Hall–Kier alpha value is -4.33. The van der Waals surface area contributed by atoms with Crippen LogP contribution < -0.4 is 26.0 Å². The maximum absolute atomic E-state index is 13.1. The summed E-state index contributed by atoms with van der Waals surface area (Å²) in [6.45, 7) is 0.469. The number of benzene rings is 3. The molecule has 0 aliphatic rings. The highest BCUT2D eigenvalue weighted by molar-refractivity contribution is 5.97. The van der Waals surface area contributed by atoms with Gasteiger partial charge in [0.2, 0.25) is 0 Å². The lowest BCUT2D eigenvalue weighted by Gasteiger charge is -2.11. The van der Waals surface area contributed by atoms with Crippen LogP contribution in [0.25, 0.3) is 16.6 Å². The first kappa shape index (κ1) is 21.9. The number of hydrogen-bond acceptors (Lipinski definition) is 5. The summed E-state index contributed by atoms with van der Waals surface area (Å²) in [5, 5.41) is 3.14. The van der Waals surface area contributed by atoms with Gasteiger partial charge < -0.3 is 19.8 Å². The highest BCUT2D eigenvalue weighted by Crippen LogP contribution is 2.24. The van der Waals surface area contributed by atoms with E-state index in [2.05, 4.69) is 10.3 Å². The minimum atomic E-state index is -0.635. The first-order valence-electron chi connectivity index (χ1n) is 10.3. The molecular formula is C25H23N3O5. The zero-order valence-corrected chi connectivity index (χ0v) is 18.3. The van der Waals surface area contributed by atoms with E-state index < -0.39 is 11.2 Å². The first-order valence-corrected chi connectivity index (χ1v) is 10.3. The predicted octanol–water partition coefficient (Wildman–Crippen LogP) is 2.67. The molecule has 0 saturated heterocycles. The van der Waals surface area contributed by atoms with Crippen molar-refractivity contribution in [1.82, 2.24) is 14.9 Å². The first-order chi connectivity index (χ1) is 16.0. The number of fused-ring (bicyclic) bond motifs is 1. The number of nitrogens with one attached hydrogen (secondary N) is 2. The summed E-state index contributed by atoms with van der Waals surface area (Å²) >= 11 is 0. The Balaban J connectivity index is 1.63. The third-order valence-corrected chi connectivity index (χ3v) is 5.30. The van der Waals surface area contributed by atoms with Crippen LogP contribution in [0.1, 0.15) is 15.9 Å². The minimum Gasteiger partial charge on any atom is -0.497 e. The van der Waals surface area contributed by atoms with E-state index in [9.17, 15) is 14.4 Å². The van der Waals surface area contributed by atoms with Crippen molar-refractivity contribution in [2.24, 2.45) is 0 Å². The fourth-order valence-corrected chi connectivity index (χ4v) is 3.58. The van der Waals surface area contributed by atoms with Crippen LogP contribution in [0, 0.1) is 0 Å². The molecule has 2 N–H and O–H groups in total. The minimum absolute atomic E-state index is 0.275. The second-order valence-electron chi connectivity index (χ2n) is 7.39. The number of nitrogens with zero attached hydrogens (tertiary/aromatic N) is 1. The molecule has 0 radical (unpaired) electrons. The molecule has 1 aromatic heterocycles. The molecule has 8 heteroatoms. The van der Waals surface area contributed by atoms with Crippen molar-refractivity contribution in [2.75, 3.05) is 20.8 Å². The molecule has 1 heterocycles. The number of hydrogen-bond donors (Lipinski definition) is 2. The van der Waals surface area contributed by atoms with Crippen LogP contribution >= 0.6 is 0 Å². The van der Waals surface area contributed by atoms with Crippen LogP contribution in [0.4, 0.5) is 0 Å². The van der Waals surface area contributed by atoms with Gasteiger partial charge in [-0.05, 0) is 30.2 Å². The van der Waals surface area contributed by atoms with E-state index in [1.54, 1.807) is 24.3 Å². The summed E-state index contributed by atoms with van der Waals surface area (Å²) in [6, 6.07) is 19.2. The Morgan fingerprint density at radius 1 is 0.939 bits per heavy atom. The highest BCUT2D eigenvalue weighted by Gasteiger charge is 2.14. The topological polar surface area (TPSA) is 102 Å². The predicted molar refractivity (Wildman–Crippen MR) is 126 cm³/mol. The van der Waals surface area contributed by atoms with Crippen molar-refractivity contribution >= 4 is 16.8 Å². The number of carbonyl (C=O) groups excluding carboxylic acids is 1. The van der Waals surface area contributed by atoms with Gasteiger partial charge in [-0.1, -0.05) is 30.3 Å². The average Bonchev–Trinajstić information content (AvgIpc) is 2.84. The fourth-order valence-electron chi connectivity index (χ4n) is 3.58. The van der Waals surface area contributed by atoms with Crippen molar-refractivity contribution < 1.29 is 14.3 Å². The fraction of sp³-hybridized carbons (Fsp3) is 0.160. The van der Waals surface area contributed by atoms with Crippen LogP contribution in [0.5, 0.6) is 11.5 Å². The number of aromatic amines is 1. The van der Waals surface area contributed by atoms with E-state index in [1.807, 2.05) is 30.3 Å². The second kappa shape index (κ2) is 9.44. The van der Waals surface area contributed by atoms with Crippen molar-refractivity contribution in [3.63, 3.8) is 0 Å². The number of methoxy groups -OCH3 is 2. The van der Waals surface area contributed by atoms with Gasteiger partial charge >= 0.3 is 5.69 Å². The van der Waals surface area contributed by atoms with E-state index in [0.29, 0.717) is 35.7 Å². The van der Waals surface area contributed by atoms with Crippen LogP contribution in [-0.2, 0) is 6.42 Å². The summed E-state index contributed by atoms with van der Waals surface area (Å²) in [7, 11) is 2.97. The molecule has 0 spiro atoms. The number of H-pyrrole nitrogens is 1. The standard InChI is InChI=1S/C25H23N3O5/c1-32-19-13-18(14-20(15-19)33-2)28-24(30)21-9-8-17(12-22(21)27-25(28)31)23(29)26-11-10-16-6-4-3-5-7-16/h3-9,12-15H,10-11H2,1-2H3,(H,26,29)(H,27,31). The molecule has 3 aromatic carbocycles. The maximum atomic E-state index is 13.1. The Kier molecular flexibility index (Phi) is 6.26. The summed E-state index contributed by atoms with van der Waals surface area (Å²) in [6.07, 6.45) is 0.700. The Bertz CT molecular complexity index is 1400. The molecule has 0 aliphatic carbocycles. The zero-order valence-electron chi connectivity index (χ0n) is 18.3. The van der Waals surface area contributed by atoms with Gasteiger partial charge in [-0.25, -0.2) is 9.36 Å². The molecule has 0 unspecified atom stereocenters. The Morgan fingerprint density at radius 3 is 2.30 bits per heavy atom. The smallest absolute Gasteiger partial charge is 0.333 e. The summed E-state index contributed by atoms with van der Waals surface area (Å²) in [5.41, 5.74) is 0.917. The number of ether oxygens (including phenoxy) is 2. The Morgan fingerprint density at radius 2 is 1.64 bits per heavy atom. The SMILES string of the molecule is COc1cc(OC)cc(-n2c(=O)[nH]c3cc(C(=O)NCCc4ccccc4)ccc3c2=O)c1. The van der Waals surface area contributed by atoms with Gasteiger partial charge in [0.1, 0.15) is 11.5 Å². The largest absolute Gasteiger partial charge is 0.497 e. The van der Waals surface area contributed by atoms with Gasteiger partial charge in [-0.3, -0.25) is 9.59 Å². The van der Waals surface area contributed by atoms with E-state index in [1.165, 1.54) is 26.4 Å². The third-order valence-electron chi connectivity index (χ3n) is 5.30. The molecule has 0 fully saturated rings. The average molecular weight is 445 g/mol. The van der Waals surface area contributed by atoms with E-state index in [4.69, 9.17) is 9.47 Å². The van der Waals surface area contributed by atoms with E-state index >= 15 is 0 Å². The lowest BCUT2D eigenvalue weighted by molar-refractivity contribution is 0.0954. The van der Waals surface area contributed by atoms with Crippen molar-refractivity contribution in [2.45, 2.75) is 6.42 Å². The van der Waals surface area contributed by atoms with Gasteiger partial charge in [0.15, 0.2) is 0 Å². The molecule has 168 valence electrons. The monoisotopic (exact) mass is 445 g/mol. The number of aromatic nitrogens is 2. The molecule has 0 aliphatic heterocycles. The summed E-state index contributed by atoms with van der Waals surface area (Å²) in [4.78, 5) is 41.2. The molecule has 1 amide bonds. The summed E-state index contributed by atoms with van der Waals surface area (Å²) in [5.74, 6) is 0.604. The van der Waals surface area contributed by atoms with Gasteiger partial charge in [-0.15, -0.1) is 0 Å². The van der Waals surface area contributed by atoms with E-state index in [0.717, 1.165) is 10.1 Å². The molecular weight excluding hydrogens is 422 g/mol. The summed E-state index contributed by atoms with van der Waals surface area (Å²) < 4.78 is 11.5. The van der Waals surface area contributed by atoms with Gasteiger partial charge in [0.25, 0.3) is 11.5 Å². The molecule has 0 saturated carbocycles. The molecule has 0 bridgehead atoms. The lowest BCUT2D eigenvalue weighted by Crippen LogP contribution is -2.34. The normalized spacial score (nSPS) is 10.7. The van der Waals surface area contributed by atoms with Crippen LogP contribution in [0.15, 0.2) is 76.3 Å². The van der Waals surface area contributed by atoms with Crippen LogP contribution in [0.3, 0.4) is 0 Å². The van der Waals surface area contributed by atoms with Crippen molar-refractivity contribution in [1.29, 1.82) is 0 Å². The molecule has 0 atom stereocenters. The van der Waals surface area contributed by atoms with Crippen molar-refractivity contribution in [3.05, 3.63) is 98.7 Å². The third kappa shape index (κ3) is 4.64. The Labute approximate surface area is 189 Å². The molecule has 33 heavy (non-hydrogen) atoms. The molecule has 4 aromatic rings. The number of amides is 1. The lowest BCUT2D eigenvalue weighted by atomic mass is 10.1. The molecule has 4 rings (SSSR count). The van der Waals surface area contributed by atoms with Gasteiger partial charge in [0, 0.05) is 30.3 Å². The zero-order chi connectivity index (χ0) is 23.4. The van der Waals surface area contributed by atoms with Gasteiger partial charge in [0.05, 0.1) is 30.8 Å². The van der Waals surface area contributed by atoms with Crippen LogP contribution in [0.2, 0.25) is 0 Å². The number of rotatable bonds is 7.